The highest BCUT2D eigenvalue weighted by Gasteiger charge is 2.25. The number of rotatable bonds is 2. The van der Waals surface area contributed by atoms with Gasteiger partial charge in [-0.25, -0.2) is 13.5 Å². The molecule has 136 valence electrons. The van der Waals surface area contributed by atoms with Crippen molar-refractivity contribution in [1.82, 2.24) is 9.78 Å². The van der Waals surface area contributed by atoms with Gasteiger partial charge in [-0.15, -0.1) is 0 Å². The minimum atomic E-state index is -0.650. The van der Waals surface area contributed by atoms with E-state index in [1.807, 2.05) is 30.3 Å². The number of nitrogens with one attached hydrogen (secondary N) is 1. The first-order chi connectivity index (χ1) is 13.2. The lowest BCUT2D eigenvalue weighted by molar-refractivity contribution is 0.573. The molecule has 0 unspecified atom stereocenters. The number of furan rings is 1. The number of hydrogen-bond acceptors (Lipinski definition) is 3. The molecule has 1 aliphatic heterocycles. The third-order valence-corrected chi connectivity index (χ3v) is 4.93. The molecule has 0 amide bonds. The van der Waals surface area contributed by atoms with Crippen LogP contribution < -0.4 is 5.32 Å². The molecule has 0 aliphatic carbocycles. The lowest BCUT2D eigenvalue weighted by Crippen LogP contribution is -2.08. The highest BCUT2D eigenvalue weighted by Crippen LogP contribution is 2.36. The molecule has 0 spiro atoms. The summed E-state index contributed by atoms with van der Waals surface area (Å²) in [4.78, 5) is 0. The summed E-state index contributed by atoms with van der Waals surface area (Å²) in [7, 11) is 0. The first-order valence-electron chi connectivity index (χ1n) is 9.01. The van der Waals surface area contributed by atoms with Crippen molar-refractivity contribution in [3.63, 3.8) is 0 Å². The van der Waals surface area contributed by atoms with Gasteiger partial charge in [0.25, 0.3) is 0 Å². The van der Waals surface area contributed by atoms with E-state index in [-0.39, 0.29) is 5.69 Å². The van der Waals surface area contributed by atoms with Crippen LogP contribution in [0.3, 0.4) is 0 Å². The minimum Gasteiger partial charge on any atom is -0.454 e. The van der Waals surface area contributed by atoms with Crippen LogP contribution in [0.2, 0.25) is 0 Å². The van der Waals surface area contributed by atoms with Gasteiger partial charge in [0.2, 0.25) is 0 Å². The zero-order valence-corrected chi connectivity index (χ0v) is 14.5. The SMILES string of the molecule is Fc1ccc(-n2nc(-c3cc4ccccc4o3)c3c2NCCCC3)c(F)c1. The van der Waals surface area contributed by atoms with Crippen LogP contribution in [0.25, 0.3) is 28.1 Å². The molecular weight excluding hydrogens is 348 g/mol. The van der Waals surface area contributed by atoms with Crippen LogP contribution in [-0.2, 0) is 6.42 Å². The summed E-state index contributed by atoms with van der Waals surface area (Å²) < 4.78 is 35.3. The third kappa shape index (κ3) is 2.68. The average molecular weight is 365 g/mol. The van der Waals surface area contributed by atoms with Crippen LogP contribution in [0.5, 0.6) is 0 Å². The number of halogens is 2. The van der Waals surface area contributed by atoms with Crippen molar-refractivity contribution in [2.24, 2.45) is 0 Å². The second-order valence-electron chi connectivity index (χ2n) is 6.72. The lowest BCUT2D eigenvalue weighted by atomic mass is 10.1. The number of nitrogens with zero attached hydrogens (tertiary/aromatic N) is 2. The van der Waals surface area contributed by atoms with Crippen molar-refractivity contribution < 1.29 is 13.2 Å². The van der Waals surface area contributed by atoms with Gasteiger partial charge in [0, 0.05) is 23.6 Å². The van der Waals surface area contributed by atoms with Crippen molar-refractivity contribution in [3.8, 4) is 17.1 Å². The fourth-order valence-corrected chi connectivity index (χ4v) is 3.63. The number of hydrogen-bond donors (Lipinski definition) is 1. The summed E-state index contributed by atoms with van der Waals surface area (Å²) in [6.07, 6.45) is 2.84. The number of fused-ring (bicyclic) bond motifs is 2. The maximum Gasteiger partial charge on any atom is 0.156 e. The van der Waals surface area contributed by atoms with E-state index >= 15 is 0 Å². The Hall–Kier alpha value is -3.15. The topological polar surface area (TPSA) is 43.0 Å². The molecular formula is C21H17F2N3O. The molecule has 1 aliphatic rings. The quantitative estimate of drug-likeness (QED) is 0.523. The molecule has 4 nitrogen and oxygen atoms in total. The number of para-hydroxylation sites is 1. The highest BCUT2D eigenvalue weighted by atomic mass is 19.1. The van der Waals surface area contributed by atoms with Crippen molar-refractivity contribution >= 4 is 16.8 Å². The number of benzene rings is 2. The molecule has 0 fully saturated rings. The predicted octanol–water partition coefficient (Wildman–Crippen LogP) is 5.31. The predicted molar refractivity (Wildman–Crippen MR) is 100 cm³/mol. The zero-order chi connectivity index (χ0) is 18.4. The monoisotopic (exact) mass is 365 g/mol. The summed E-state index contributed by atoms with van der Waals surface area (Å²) >= 11 is 0. The van der Waals surface area contributed by atoms with Gasteiger partial charge in [0.15, 0.2) is 11.6 Å². The van der Waals surface area contributed by atoms with Gasteiger partial charge < -0.3 is 9.73 Å². The number of anilines is 1. The molecule has 0 saturated heterocycles. The van der Waals surface area contributed by atoms with Crippen molar-refractivity contribution in [2.75, 3.05) is 11.9 Å². The normalized spacial score (nSPS) is 14.0. The molecule has 4 aromatic rings. The molecule has 0 atom stereocenters. The maximum atomic E-state index is 14.4. The fraction of sp³-hybridized carbons (Fsp3) is 0.190. The average Bonchev–Trinajstić information content (AvgIpc) is 3.15. The molecule has 1 N–H and O–H groups in total. The molecule has 5 rings (SSSR count). The number of aromatic nitrogens is 2. The molecule has 0 bridgehead atoms. The molecule has 0 radical (unpaired) electrons. The van der Waals surface area contributed by atoms with Gasteiger partial charge in [-0.1, -0.05) is 18.2 Å². The van der Waals surface area contributed by atoms with Gasteiger partial charge in [0.1, 0.15) is 28.6 Å². The van der Waals surface area contributed by atoms with Gasteiger partial charge in [-0.2, -0.15) is 5.10 Å². The van der Waals surface area contributed by atoms with E-state index in [9.17, 15) is 8.78 Å². The van der Waals surface area contributed by atoms with Crippen molar-refractivity contribution in [2.45, 2.75) is 19.3 Å². The molecule has 2 aromatic heterocycles. The molecule has 6 heteroatoms. The Bertz CT molecular complexity index is 1110. The van der Waals surface area contributed by atoms with Crippen LogP contribution in [0.1, 0.15) is 18.4 Å². The van der Waals surface area contributed by atoms with Gasteiger partial charge in [-0.3, -0.25) is 0 Å². The van der Waals surface area contributed by atoms with E-state index < -0.39 is 11.6 Å². The van der Waals surface area contributed by atoms with E-state index in [2.05, 4.69) is 10.4 Å². The van der Waals surface area contributed by atoms with Crippen LogP contribution >= 0.6 is 0 Å². The van der Waals surface area contributed by atoms with E-state index in [1.165, 1.54) is 16.8 Å². The van der Waals surface area contributed by atoms with Crippen LogP contribution in [-0.4, -0.2) is 16.3 Å². The van der Waals surface area contributed by atoms with E-state index in [1.54, 1.807) is 0 Å². The van der Waals surface area contributed by atoms with Gasteiger partial charge in [-0.05, 0) is 43.5 Å². The summed E-state index contributed by atoms with van der Waals surface area (Å²) in [5.41, 5.74) is 2.68. The highest BCUT2D eigenvalue weighted by molar-refractivity contribution is 5.83. The Kier molecular flexibility index (Phi) is 3.70. The summed E-state index contributed by atoms with van der Waals surface area (Å²) in [6, 6.07) is 13.2. The van der Waals surface area contributed by atoms with Crippen LogP contribution in [0, 0.1) is 11.6 Å². The molecule has 2 aromatic carbocycles. The first-order valence-corrected chi connectivity index (χ1v) is 9.01. The molecule has 27 heavy (non-hydrogen) atoms. The summed E-state index contributed by atoms with van der Waals surface area (Å²) in [5, 5.41) is 9.01. The fourth-order valence-electron chi connectivity index (χ4n) is 3.63. The van der Waals surface area contributed by atoms with Crippen molar-refractivity contribution in [1.29, 1.82) is 0 Å². The van der Waals surface area contributed by atoms with Crippen LogP contribution in [0.15, 0.2) is 52.9 Å². The van der Waals surface area contributed by atoms with E-state index in [0.717, 1.165) is 54.2 Å². The Balaban J connectivity index is 1.73. The maximum absolute atomic E-state index is 14.4. The second kappa shape index (κ2) is 6.23. The van der Waals surface area contributed by atoms with Crippen LogP contribution in [0.4, 0.5) is 14.6 Å². The minimum absolute atomic E-state index is 0.212. The zero-order valence-electron chi connectivity index (χ0n) is 14.5. The molecule has 0 saturated carbocycles. The summed E-state index contributed by atoms with van der Waals surface area (Å²) in [6.45, 7) is 0.779. The second-order valence-corrected chi connectivity index (χ2v) is 6.72. The Labute approximate surface area is 154 Å². The third-order valence-electron chi connectivity index (χ3n) is 4.93. The van der Waals surface area contributed by atoms with Crippen molar-refractivity contribution in [3.05, 3.63) is 65.7 Å². The van der Waals surface area contributed by atoms with Gasteiger partial charge in [0.05, 0.1) is 0 Å². The largest absolute Gasteiger partial charge is 0.454 e. The standard InChI is InChI=1S/C21H17F2N3O/c22-14-8-9-17(16(23)12-14)26-21-15(6-3-4-10-24-21)20(25-26)19-11-13-5-1-2-7-18(13)27-19/h1-2,5,7-9,11-12,24H,3-4,6,10H2. The lowest BCUT2D eigenvalue weighted by Gasteiger charge is -2.10. The van der Waals surface area contributed by atoms with Gasteiger partial charge >= 0.3 is 0 Å². The first kappa shape index (κ1) is 16.1. The summed E-state index contributed by atoms with van der Waals surface area (Å²) in [5.74, 6) is 0.133. The van der Waals surface area contributed by atoms with E-state index in [0.29, 0.717) is 11.5 Å². The Morgan fingerprint density at radius 3 is 2.78 bits per heavy atom. The smallest absolute Gasteiger partial charge is 0.156 e. The van der Waals surface area contributed by atoms with E-state index in [4.69, 9.17) is 4.42 Å². The molecule has 3 heterocycles. The Morgan fingerprint density at radius 1 is 1.04 bits per heavy atom. The Morgan fingerprint density at radius 2 is 1.93 bits per heavy atom.